The van der Waals surface area contributed by atoms with Crippen molar-refractivity contribution in [3.05, 3.63) is 52.4 Å². The summed E-state index contributed by atoms with van der Waals surface area (Å²) in [7, 11) is 0. The van der Waals surface area contributed by atoms with Gasteiger partial charge >= 0.3 is 0 Å². The number of pyridine rings is 1. The highest BCUT2D eigenvalue weighted by Gasteiger charge is 2.46. The largest absolute Gasteiger partial charge is 0.210 e. The Labute approximate surface area is 101 Å². The molecule has 1 heteroatoms. The number of fused-ring (bicyclic) bond motifs is 4. The van der Waals surface area contributed by atoms with Crippen LogP contribution < -0.4 is 4.57 Å². The lowest BCUT2D eigenvalue weighted by atomic mass is 10.1. The highest BCUT2D eigenvalue weighted by Crippen LogP contribution is 2.50. The van der Waals surface area contributed by atoms with Gasteiger partial charge in [0.25, 0.3) is 0 Å². The number of nitrogens with zero attached hydrogens (tertiary/aromatic N) is 1. The van der Waals surface area contributed by atoms with Crippen molar-refractivity contribution in [2.75, 3.05) is 0 Å². The lowest BCUT2D eigenvalue weighted by Gasteiger charge is -2.05. The first-order chi connectivity index (χ1) is 8.42. The molecule has 1 saturated carbocycles. The standard InChI is InChI=1S/C16H14N/c1-2-11-8-15-13-6-4-10-5-7-14(16(10)13)17(15)9-12(11)3-1/h1-2,4,8-9,14H,3,5-7H2/q+1. The maximum absolute atomic E-state index is 2.55. The molecule has 3 aliphatic carbocycles. The van der Waals surface area contributed by atoms with E-state index in [-0.39, 0.29) is 0 Å². The third kappa shape index (κ3) is 0.867. The predicted octanol–water partition coefficient (Wildman–Crippen LogP) is 2.98. The van der Waals surface area contributed by atoms with Gasteiger partial charge < -0.3 is 0 Å². The molecule has 1 nitrogen and oxygen atoms in total. The summed E-state index contributed by atoms with van der Waals surface area (Å²) in [6.45, 7) is 0. The van der Waals surface area contributed by atoms with Crippen LogP contribution >= 0.6 is 0 Å². The Kier molecular flexibility index (Phi) is 1.30. The van der Waals surface area contributed by atoms with Crippen molar-refractivity contribution in [3.8, 4) is 0 Å². The molecular formula is C16H14N+. The lowest BCUT2D eigenvalue weighted by Crippen LogP contribution is -2.39. The summed E-state index contributed by atoms with van der Waals surface area (Å²) in [5.41, 5.74) is 9.37. The third-order valence-electron chi connectivity index (χ3n) is 4.76. The Morgan fingerprint density at radius 1 is 1.24 bits per heavy atom. The minimum atomic E-state index is 0.666. The Bertz CT molecular complexity index is 658. The van der Waals surface area contributed by atoms with Crippen molar-refractivity contribution < 1.29 is 4.57 Å². The summed E-state index contributed by atoms with van der Waals surface area (Å²) in [6.07, 6.45) is 14.3. The van der Waals surface area contributed by atoms with E-state index in [2.05, 4.69) is 35.1 Å². The average Bonchev–Trinajstić information content (AvgIpc) is 3.05. The van der Waals surface area contributed by atoms with E-state index in [9.17, 15) is 0 Å². The zero-order chi connectivity index (χ0) is 11.0. The number of hydrogen-bond acceptors (Lipinski definition) is 0. The summed E-state index contributed by atoms with van der Waals surface area (Å²) < 4.78 is 2.55. The molecule has 0 saturated heterocycles. The molecule has 82 valence electrons. The molecule has 4 aliphatic rings. The van der Waals surface area contributed by atoms with E-state index in [0.29, 0.717) is 6.04 Å². The zero-order valence-corrected chi connectivity index (χ0v) is 9.74. The van der Waals surface area contributed by atoms with E-state index in [4.69, 9.17) is 0 Å². The fourth-order valence-electron chi connectivity index (χ4n) is 4.01. The van der Waals surface area contributed by atoms with Crippen LogP contribution in [0.3, 0.4) is 0 Å². The summed E-state index contributed by atoms with van der Waals surface area (Å²) in [4.78, 5) is 0. The van der Waals surface area contributed by atoms with E-state index in [1.807, 2.05) is 0 Å². The molecule has 0 radical (unpaired) electrons. The van der Waals surface area contributed by atoms with Gasteiger partial charge in [0, 0.05) is 29.2 Å². The van der Waals surface area contributed by atoms with Crippen LogP contribution in [0.4, 0.5) is 0 Å². The molecule has 0 N–H and O–H groups in total. The van der Waals surface area contributed by atoms with Crippen molar-refractivity contribution in [3.63, 3.8) is 0 Å². The van der Waals surface area contributed by atoms with Gasteiger partial charge in [-0.05, 0) is 30.4 Å². The summed E-state index contributed by atoms with van der Waals surface area (Å²) in [5, 5.41) is 0. The monoisotopic (exact) mass is 220 g/mol. The second-order valence-electron chi connectivity index (χ2n) is 5.53. The molecule has 1 fully saturated rings. The minimum absolute atomic E-state index is 0.666. The third-order valence-corrected chi connectivity index (χ3v) is 4.76. The number of hydrogen-bond donors (Lipinski definition) is 0. The quantitative estimate of drug-likeness (QED) is 0.592. The first kappa shape index (κ1) is 8.46. The van der Waals surface area contributed by atoms with Crippen molar-refractivity contribution in [2.45, 2.75) is 31.7 Å². The Morgan fingerprint density at radius 2 is 2.24 bits per heavy atom. The van der Waals surface area contributed by atoms with Crippen LogP contribution in [-0.2, 0) is 6.42 Å². The highest BCUT2D eigenvalue weighted by molar-refractivity contribution is 5.79. The Balaban J connectivity index is 1.81. The SMILES string of the molecule is C1=Cc2cc3[n+](cc2C1)C1CCC2=CCC3=C21. The molecule has 1 aromatic rings. The molecule has 2 heterocycles. The van der Waals surface area contributed by atoms with Crippen molar-refractivity contribution in [1.82, 2.24) is 0 Å². The molecule has 1 unspecified atom stereocenters. The molecule has 1 atom stereocenters. The second kappa shape index (κ2) is 2.61. The molecule has 0 amide bonds. The van der Waals surface area contributed by atoms with Crippen LogP contribution in [0.5, 0.6) is 0 Å². The molecule has 0 bridgehead atoms. The van der Waals surface area contributed by atoms with Gasteiger partial charge in [0.05, 0.1) is 0 Å². The fraction of sp³-hybridized carbons (Fsp3) is 0.312. The number of allylic oxidation sites excluding steroid dienone is 5. The molecule has 5 rings (SSSR count). The van der Waals surface area contributed by atoms with Gasteiger partial charge in [-0.15, -0.1) is 0 Å². The second-order valence-corrected chi connectivity index (χ2v) is 5.53. The molecule has 0 spiro atoms. The van der Waals surface area contributed by atoms with Gasteiger partial charge in [0.1, 0.15) is 0 Å². The zero-order valence-electron chi connectivity index (χ0n) is 9.74. The topological polar surface area (TPSA) is 3.88 Å². The maximum atomic E-state index is 2.55. The van der Waals surface area contributed by atoms with E-state index < -0.39 is 0 Å². The van der Waals surface area contributed by atoms with E-state index in [1.54, 1.807) is 16.7 Å². The van der Waals surface area contributed by atoms with Gasteiger partial charge in [-0.25, -0.2) is 0 Å². The van der Waals surface area contributed by atoms with Crippen LogP contribution in [0.2, 0.25) is 0 Å². The highest BCUT2D eigenvalue weighted by atomic mass is 15.0. The predicted molar refractivity (Wildman–Crippen MR) is 67.3 cm³/mol. The smallest absolute Gasteiger partial charge is 0.191 e. The molecule has 0 aromatic carbocycles. The molecule has 1 aromatic heterocycles. The molecule has 1 aliphatic heterocycles. The lowest BCUT2D eigenvalue weighted by molar-refractivity contribution is -0.710. The Morgan fingerprint density at radius 3 is 3.24 bits per heavy atom. The first-order valence-corrected chi connectivity index (χ1v) is 6.59. The first-order valence-electron chi connectivity index (χ1n) is 6.59. The van der Waals surface area contributed by atoms with Crippen LogP contribution in [0.15, 0.2) is 35.6 Å². The summed E-state index contributed by atoms with van der Waals surface area (Å²) >= 11 is 0. The van der Waals surface area contributed by atoms with Crippen molar-refractivity contribution in [2.24, 2.45) is 0 Å². The van der Waals surface area contributed by atoms with Gasteiger partial charge in [0.15, 0.2) is 12.2 Å². The molecule has 17 heavy (non-hydrogen) atoms. The van der Waals surface area contributed by atoms with E-state index >= 15 is 0 Å². The van der Waals surface area contributed by atoms with Gasteiger partial charge in [-0.3, -0.25) is 0 Å². The fourth-order valence-corrected chi connectivity index (χ4v) is 4.01. The van der Waals surface area contributed by atoms with Crippen molar-refractivity contribution in [1.29, 1.82) is 0 Å². The van der Waals surface area contributed by atoms with Crippen molar-refractivity contribution >= 4 is 11.6 Å². The van der Waals surface area contributed by atoms with Gasteiger partial charge in [-0.2, -0.15) is 4.57 Å². The van der Waals surface area contributed by atoms with Gasteiger partial charge in [-0.1, -0.05) is 18.2 Å². The summed E-state index contributed by atoms with van der Waals surface area (Å²) in [6, 6.07) is 3.08. The number of rotatable bonds is 0. The normalized spacial score (nSPS) is 26.4. The van der Waals surface area contributed by atoms with Crippen LogP contribution in [0.25, 0.3) is 11.6 Å². The maximum Gasteiger partial charge on any atom is 0.210 e. The average molecular weight is 220 g/mol. The van der Waals surface area contributed by atoms with Crippen LogP contribution in [0.1, 0.15) is 42.1 Å². The van der Waals surface area contributed by atoms with Gasteiger partial charge in [0.2, 0.25) is 5.69 Å². The summed E-state index contributed by atoms with van der Waals surface area (Å²) in [5.74, 6) is 0. The Hall–Kier alpha value is -1.63. The molecular weight excluding hydrogens is 206 g/mol. The van der Waals surface area contributed by atoms with Crippen LogP contribution in [0, 0.1) is 0 Å². The minimum Gasteiger partial charge on any atom is -0.191 e. The number of aromatic nitrogens is 1. The van der Waals surface area contributed by atoms with E-state index in [0.717, 1.165) is 6.42 Å². The van der Waals surface area contributed by atoms with E-state index in [1.165, 1.54) is 36.1 Å². The van der Waals surface area contributed by atoms with Crippen LogP contribution in [-0.4, -0.2) is 0 Å².